The first-order chi connectivity index (χ1) is 8.77. The van der Waals surface area contributed by atoms with Gasteiger partial charge in [0.2, 0.25) is 0 Å². The molecule has 1 N–H and O–H groups in total. The first-order valence-corrected chi connectivity index (χ1v) is 6.69. The number of nitrogens with zero attached hydrogens (tertiary/aromatic N) is 1. The minimum Gasteiger partial charge on any atom is -0.399 e. The minimum atomic E-state index is -0.379. The largest absolute Gasteiger partial charge is 0.496 e. The van der Waals surface area contributed by atoms with Gasteiger partial charge in [0.1, 0.15) is 0 Å². The first kappa shape index (κ1) is 14.5. The first-order valence-electron chi connectivity index (χ1n) is 6.69. The van der Waals surface area contributed by atoms with E-state index >= 15 is 0 Å². The average molecular weight is 263 g/mol. The van der Waals surface area contributed by atoms with Gasteiger partial charge in [-0.2, -0.15) is 0 Å². The SMILES string of the molecule is CC(CO)c1ccc(B2OC(C)(C)C(C)(C)O2)cn1. The van der Waals surface area contributed by atoms with E-state index in [-0.39, 0.29) is 30.8 Å². The number of hydrogen-bond donors (Lipinski definition) is 1. The molecule has 5 heteroatoms. The summed E-state index contributed by atoms with van der Waals surface area (Å²) >= 11 is 0. The van der Waals surface area contributed by atoms with E-state index in [2.05, 4.69) is 4.98 Å². The standard InChI is InChI=1S/C14H22BNO3/c1-10(9-17)12-7-6-11(8-16-12)15-18-13(2,3)14(4,5)19-15/h6-8,10,17H,9H2,1-5H3. The Kier molecular flexibility index (Phi) is 3.73. The molecule has 1 fully saturated rings. The molecule has 19 heavy (non-hydrogen) atoms. The van der Waals surface area contributed by atoms with Crippen LogP contribution >= 0.6 is 0 Å². The predicted octanol–water partition coefficient (Wildman–Crippen LogP) is 1.48. The summed E-state index contributed by atoms with van der Waals surface area (Å²) in [6, 6.07) is 3.87. The third-order valence-corrected chi connectivity index (χ3v) is 4.11. The Hall–Kier alpha value is -0.905. The highest BCUT2D eigenvalue weighted by Gasteiger charge is 2.51. The maximum atomic E-state index is 9.12. The monoisotopic (exact) mass is 263 g/mol. The second-order valence-electron chi connectivity index (χ2n) is 6.19. The Morgan fingerprint density at radius 2 is 1.79 bits per heavy atom. The van der Waals surface area contributed by atoms with Crippen LogP contribution in [0, 0.1) is 0 Å². The molecule has 0 aromatic carbocycles. The van der Waals surface area contributed by atoms with Gasteiger partial charge >= 0.3 is 7.12 Å². The van der Waals surface area contributed by atoms with Crippen LogP contribution in [0.3, 0.4) is 0 Å². The molecule has 0 saturated carbocycles. The molecular formula is C14H22BNO3. The molecule has 1 aliphatic rings. The van der Waals surface area contributed by atoms with E-state index in [4.69, 9.17) is 14.4 Å². The van der Waals surface area contributed by atoms with Crippen molar-refractivity contribution in [2.45, 2.75) is 51.7 Å². The topological polar surface area (TPSA) is 51.6 Å². The van der Waals surface area contributed by atoms with Gasteiger partial charge in [-0.1, -0.05) is 13.0 Å². The van der Waals surface area contributed by atoms with Crippen molar-refractivity contribution >= 4 is 12.6 Å². The highest BCUT2D eigenvalue weighted by atomic mass is 16.7. The molecule has 0 amide bonds. The number of rotatable bonds is 3. The van der Waals surface area contributed by atoms with Crippen LogP contribution in [0.25, 0.3) is 0 Å². The van der Waals surface area contributed by atoms with E-state index < -0.39 is 0 Å². The van der Waals surface area contributed by atoms with Crippen molar-refractivity contribution < 1.29 is 14.4 Å². The Bertz CT molecular complexity index is 429. The smallest absolute Gasteiger partial charge is 0.399 e. The van der Waals surface area contributed by atoms with Gasteiger partial charge in [0, 0.05) is 23.3 Å². The van der Waals surface area contributed by atoms with Gasteiger partial charge in [-0.3, -0.25) is 4.98 Å². The third kappa shape index (κ3) is 2.68. The van der Waals surface area contributed by atoms with Crippen molar-refractivity contribution in [3.63, 3.8) is 0 Å². The van der Waals surface area contributed by atoms with Gasteiger partial charge < -0.3 is 14.4 Å². The lowest BCUT2D eigenvalue weighted by molar-refractivity contribution is 0.00578. The van der Waals surface area contributed by atoms with Gasteiger partial charge in [-0.15, -0.1) is 0 Å². The molecule has 0 spiro atoms. The van der Waals surface area contributed by atoms with E-state index in [0.29, 0.717) is 0 Å². The molecule has 104 valence electrons. The highest BCUT2D eigenvalue weighted by molar-refractivity contribution is 6.62. The van der Waals surface area contributed by atoms with Crippen LogP contribution < -0.4 is 5.46 Å². The van der Waals surface area contributed by atoms with Gasteiger partial charge in [-0.25, -0.2) is 0 Å². The fourth-order valence-electron chi connectivity index (χ4n) is 1.92. The summed E-state index contributed by atoms with van der Waals surface area (Å²) in [5, 5.41) is 9.12. The summed E-state index contributed by atoms with van der Waals surface area (Å²) in [4.78, 5) is 4.37. The second kappa shape index (κ2) is 4.89. The molecule has 2 heterocycles. The summed E-state index contributed by atoms with van der Waals surface area (Å²) in [5.41, 5.74) is 1.11. The fourth-order valence-corrected chi connectivity index (χ4v) is 1.92. The maximum Gasteiger partial charge on any atom is 0.496 e. The average Bonchev–Trinajstić information content (AvgIpc) is 2.58. The molecule has 1 atom stereocenters. The van der Waals surface area contributed by atoms with Crippen LogP contribution in [0.1, 0.15) is 46.2 Å². The predicted molar refractivity (Wildman–Crippen MR) is 75.5 cm³/mol. The van der Waals surface area contributed by atoms with E-state index in [0.717, 1.165) is 11.2 Å². The van der Waals surface area contributed by atoms with Crippen molar-refractivity contribution in [1.82, 2.24) is 4.98 Å². The normalized spacial score (nSPS) is 22.5. The summed E-state index contributed by atoms with van der Waals surface area (Å²) in [7, 11) is -0.379. The van der Waals surface area contributed by atoms with Crippen LogP contribution in [-0.2, 0) is 9.31 Å². The van der Waals surface area contributed by atoms with Crippen molar-refractivity contribution in [2.24, 2.45) is 0 Å². The second-order valence-corrected chi connectivity index (χ2v) is 6.19. The van der Waals surface area contributed by atoms with Crippen molar-refractivity contribution in [3.8, 4) is 0 Å². The zero-order valence-corrected chi connectivity index (χ0v) is 12.3. The third-order valence-electron chi connectivity index (χ3n) is 4.11. The number of aromatic nitrogens is 1. The lowest BCUT2D eigenvalue weighted by atomic mass is 9.80. The van der Waals surface area contributed by atoms with Crippen molar-refractivity contribution in [1.29, 1.82) is 0 Å². The molecule has 0 aliphatic carbocycles. The van der Waals surface area contributed by atoms with E-state index in [9.17, 15) is 0 Å². The minimum absolute atomic E-state index is 0.0485. The fraction of sp³-hybridized carbons (Fsp3) is 0.643. The molecule has 2 rings (SSSR count). The van der Waals surface area contributed by atoms with Gasteiger partial charge in [0.15, 0.2) is 0 Å². The molecule has 1 aromatic heterocycles. The molecular weight excluding hydrogens is 241 g/mol. The molecule has 1 saturated heterocycles. The Balaban J connectivity index is 2.17. The lowest BCUT2D eigenvalue weighted by Crippen LogP contribution is -2.41. The summed E-state index contributed by atoms with van der Waals surface area (Å²) in [6.07, 6.45) is 1.77. The Morgan fingerprint density at radius 3 is 2.21 bits per heavy atom. The number of pyridine rings is 1. The molecule has 1 unspecified atom stereocenters. The summed E-state index contributed by atoms with van der Waals surface area (Å²) in [5.74, 6) is 0.0485. The van der Waals surface area contributed by atoms with Crippen molar-refractivity contribution in [3.05, 3.63) is 24.0 Å². The Morgan fingerprint density at radius 1 is 1.21 bits per heavy atom. The van der Waals surface area contributed by atoms with E-state index in [1.807, 2.05) is 46.8 Å². The zero-order valence-electron chi connectivity index (χ0n) is 12.3. The lowest BCUT2D eigenvalue weighted by Gasteiger charge is -2.32. The zero-order chi connectivity index (χ0) is 14.3. The van der Waals surface area contributed by atoms with Crippen LogP contribution in [0.15, 0.2) is 18.3 Å². The summed E-state index contributed by atoms with van der Waals surface area (Å²) in [6.45, 7) is 10.2. The van der Waals surface area contributed by atoms with Crippen LogP contribution in [0.4, 0.5) is 0 Å². The molecule has 0 radical (unpaired) electrons. The number of hydrogen-bond acceptors (Lipinski definition) is 4. The molecule has 4 nitrogen and oxygen atoms in total. The van der Waals surface area contributed by atoms with Gasteiger partial charge in [0.05, 0.1) is 17.8 Å². The van der Waals surface area contributed by atoms with E-state index in [1.165, 1.54) is 0 Å². The van der Waals surface area contributed by atoms with Gasteiger partial charge in [-0.05, 0) is 33.8 Å². The van der Waals surface area contributed by atoms with Gasteiger partial charge in [0.25, 0.3) is 0 Å². The van der Waals surface area contributed by atoms with Crippen LogP contribution in [0.5, 0.6) is 0 Å². The highest BCUT2D eigenvalue weighted by Crippen LogP contribution is 2.36. The number of aliphatic hydroxyl groups excluding tert-OH is 1. The maximum absolute atomic E-state index is 9.12. The molecule has 1 aliphatic heterocycles. The van der Waals surface area contributed by atoms with E-state index in [1.54, 1.807) is 6.20 Å². The molecule has 0 bridgehead atoms. The Labute approximate surface area is 115 Å². The van der Waals surface area contributed by atoms with Crippen LogP contribution in [0.2, 0.25) is 0 Å². The summed E-state index contributed by atoms with van der Waals surface area (Å²) < 4.78 is 11.9. The number of aliphatic hydroxyl groups is 1. The molecule has 1 aromatic rings. The quantitative estimate of drug-likeness (QED) is 0.839. The van der Waals surface area contributed by atoms with Crippen LogP contribution in [-0.4, -0.2) is 35.0 Å². The van der Waals surface area contributed by atoms with Crippen molar-refractivity contribution in [2.75, 3.05) is 6.61 Å².